The van der Waals surface area contributed by atoms with E-state index in [1.165, 1.54) is 0 Å². The smallest absolute Gasteiger partial charge is 0.256 e. The molecule has 1 amide bonds. The van der Waals surface area contributed by atoms with Gasteiger partial charge in [0.1, 0.15) is 6.61 Å². The van der Waals surface area contributed by atoms with Crippen molar-refractivity contribution in [2.24, 2.45) is 0 Å². The van der Waals surface area contributed by atoms with E-state index in [-0.39, 0.29) is 33.9 Å². The minimum absolute atomic E-state index is 0.222. The van der Waals surface area contributed by atoms with E-state index < -0.39 is 23.4 Å². The maximum absolute atomic E-state index is 13.2. The number of amides is 1. The SMILES string of the molecule is CN1C[C@H](c2cc(Cl)c(OCc3ccc(Cl)cc3)c(Cl)c2)[C@@H]([N+](=O)[O-])[C@@]12C(=O)Nc1ccccc12. The number of rotatable bonds is 5. The van der Waals surface area contributed by atoms with E-state index in [4.69, 9.17) is 39.5 Å². The lowest BCUT2D eigenvalue weighted by molar-refractivity contribution is -0.534. The number of anilines is 1. The van der Waals surface area contributed by atoms with E-state index in [9.17, 15) is 14.9 Å². The summed E-state index contributed by atoms with van der Waals surface area (Å²) < 4.78 is 5.85. The average Bonchev–Trinajstić information content (AvgIpc) is 3.29. The number of likely N-dealkylation sites (tertiary alicyclic amines) is 1. The highest BCUT2D eigenvalue weighted by Gasteiger charge is 2.68. The Balaban J connectivity index is 1.50. The van der Waals surface area contributed by atoms with Crippen LogP contribution >= 0.6 is 34.8 Å². The van der Waals surface area contributed by atoms with Gasteiger partial charge in [-0.1, -0.05) is 65.1 Å². The molecule has 2 heterocycles. The van der Waals surface area contributed by atoms with Gasteiger partial charge in [0.25, 0.3) is 11.9 Å². The monoisotopic (exact) mass is 531 g/mol. The summed E-state index contributed by atoms with van der Waals surface area (Å²) >= 11 is 19.0. The summed E-state index contributed by atoms with van der Waals surface area (Å²) in [7, 11) is 1.73. The van der Waals surface area contributed by atoms with Crippen LogP contribution in [0.15, 0.2) is 60.7 Å². The summed E-state index contributed by atoms with van der Waals surface area (Å²) in [6, 6.07) is 16.3. The number of likely N-dealkylation sites (N-methyl/N-ethyl adjacent to an activating group) is 1. The first kappa shape index (κ1) is 23.9. The highest BCUT2D eigenvalue weighted by molar-refractivity contribution is 6.37. The predicted molar refractivity (Wildman–Crippen MR) is 135 cm³/mol. The first-order valence-electron chi connectivity index (χ1n) is 10.9. The number of carbonyl (C=O) groups excluding carboxylic acids is 1. The zero-order valence-corrected chi connectivity index (χ0v) is 20.8. The van der Waals surface area contributed by atoms with Crippen LogP contribution in [0.2, 0.25) is 15.1 Å². The maximum Gasteiger partial charge on any atom is 0.256 e. The summed E-state index contributed by atoms with van der Waals surface area (Å²) in [5, 5.41) is 16.4. The quantitative estimate of drug-likeness (QED) is 0.334. The van der Waals surface area contributed by atoms with Crippen LogP contribution < -0.4 is 10.1 Å². The van der Waals surface area contributed by atoms with E-state index >= 15 is 0 Å². The zero-order chi connectivity index (χ0) is 24.9. The topological polar surface area (TPSA) is 84.7 Å². The Labute approximate surface area is 216 Å². The summed E-state index contributed by atoms with van der Waals surface area (Å²) in [5.74, 6) is -0.757. The molecule has 2 aliphatic rings. The number of benzene rings is 3. The highest BCUT2D eigenvalue weighted by atomic mass is 35.5. The molecule has 3 aromatic carbocycles. The summed E-state index contributed by atoms with van der Waals surface area (Å²) in [5.41, 5.74) is 1.19. The van der Waals surface area contributed by atoms with Crippen LogP contribution in [0.4, 0.5) is 5.69 Å². The molecule has 35 heavy (non-hydrogen) atoms. The van der Waals surface area contributed by atoms with Gasteiger partial charge in [-0.2, -0.15) is 0 Å². The Morgan fingerprint density at radius 1 is 1.11 bits per heavy atom. The molecule has 3 atom stereocenters. The van der Waals surface area contributed by atoms with Crippen LogP contribution in [0, 0.1) is 10.1 Å². The standard InChI is InChI=1S/C25H20Cl3N3O4/c1-30-12-17(23(31(33)34)25(30)18-4-2-3-5-21(18)29-24(25)32)15-10-19(27)22(20(28)11-15)35-13-14-6-8-16(26)9-7-14/h2-11,17,23H,12-13H2,1H3,(H,29,32)/t17-,23-,25+/m1/s1. The molecule has 0 bridgehead atoms. The molecule has 1 N–H and O–H groups in total. The third-order valence-electron chi connectivity index (χ3n) is 6.79. The molecule has 0 aromatic heterocycles. The van der Waals surface area contributed by atoms with Crippen LogP contribution in [-0.2, 0) is 16.9 Å². The normalized spacial score (nSPS) is 23.4. The van der Waals surface area contributed by atoms with Crippen molar-refractivity contribution in [3.05, 3.63) is 103 Å². The second-order valence-corrected chi connectivity index (χ2v) is 9.96. The number of halogens is 3. The average molecular weight is 533 g/mol. The summed E-state index contributed by atoms with van der Waals surface area (Å²) in [6.07, 6.45) is 0. The van der Waals surface area contributed by atoms with Gasteiger partial charge in [0.2, 0.25) is 0 Å². The first-order chi connectivity index (χ1) is 16.7. The fraction of sp³-hybridized carbons (Fsp3) is 0.240. The summed E-state index contributed by atoms with van der Waals surface area (Å²) in [4.78, 5) is 27.1. The fourth-order valence-corrected chi connectivity index (χ4v) is 5.99. The summed E-state index contributed by atoms with van der Waals surface area (Å²) in [6.45, 7) is 0.491. The minimum atomic E-state index is -1.44. The van der Waals surface area contributed by atoms with Crippen molar-refractivity contribution in [2.45, 2.75) is 24.1 Å². The molecular formula is C25H20Cl3N3O4. The Morgan fingerprint density at radius 2 is 1.77 bits per heavy atom. The van der Waals surface area contributed by atoms with E-state index in [2.05, 4.69) is 5.32 Å². The lowest BCUT2D eigenvalue weighted by atomic mass is 9.79. The van der Waals surface area contributed by atoms with Crippen molar-refractivity contribution in [3.8, 4) is 5.75 Å². The van der Waals surface area contributed by atoms with Gasteiger partial charge < -0.3 is 10.1 Å². The number of carbonyl (C=O) groups is 1. The number of para-hydroxylation sites is 1. The molecule has 1 saturated heterocycles. The molecular weight excluding hydrogens is 513 g/mol. The zero-order valence-electron chi connectivity index (χ0n) is 18.5. The van der Waals surface area contributed by atoms with Crippen LogP contribution in [0.3, 0.4) is 0 Å². The molecule has 2 aliphatic heterocycles. The van der Waals surface area contributed by atoms with Gasteiger partial charge in [-0.05, 0) is 48.5 Å². The third kappa shape index (κ3) is 3.83. The molecule has 5 rings (SSSR count). The molecule has 7 nitrogen and oxygen atoms in total. The molecule has 180 valence electrons. The number of nitrogens with one attached hydrogen (secondary N) is 1. The van der Waals surface area contributed by atoms with Crippen molar-refractivity contribution >= 4 is 46.4 Å². The Bertz CT molecular complexity index is 1310. The molecule has 10 heteroatoms. The van der Waals surface area contributed by atoms with Gasteiger partial charge in [-0.25, -0.2) is 0 Å². The van der Waals surface area contributed by atoms with Gasteiger partial charge in [0.05, 0.1) is 16.0 Å². The van der Waals surface area contributed by atoms with Gasteiger partial charge in [-0.3, -0.25) is 19.8 Å². The molecule has 0 radical (unpaired) electrons. The minimum Gasteiger partial charge on any atom is -0.486 e. The number of fused-ring (bicyclic) bond motifs is 2. The Hall–Kier alpha value is -2.84. The van der Waals surface area contributed by atoms with Crippen molar-refractivity contribution in [1.29, 1.82) is 0 Å². The maximum atomic E-state index is 13.2. The molecule has 1 spiro atoms. The van der Waals surface area contributed by atoms with Crippen molar-refractivity contribution < 1.29 is 14.5 Å². The molecule has 0 aliphatic carbocycles. The van der Waals surface area contributed by atoms with E-state index in [1.807, 2.05) is 12.1 Å². The van der Waals surface area contributed by atoms with Gasteiger partial charge in [0, 0.05) is 27.7 Å². The van der Waals surface area contributed by atoms with Gasteiger partial charge in [-0.15, -0.1) is 0 Å². The molecule has 1 fully saturated rings. The van der Waals surface area contributed by atoms with Crippen molar-refractivity contribution in [1.82, 2.24) is 4.90 Å². The second kappa shape index (κ2) is 8.99. The Kier molecular flexibility index (Phi) is 6.13. The van der Waals surface area contributed by atoms with Crippen LogP contribution in [0.5, 0.6) is 5.75 Å². The van der Waals surface area contributed by atoms with Gasteiger partial charge in [0.15, 0.2) is 11.3 Å². The predicted octanol–water partition coefficient (Wildman–Crippen LogP) is 5.75. The number of hydrogen-bond acceptors (Lipinski definition) is 5. The molecule has 3 aromatic rings. The van der Waals surface area contributed by atoms with E-state index in [0.29, 0.717) is 21.8 Å². The number of nitrogens with zero attached hydrogens (tertiary/aromatic N) is 2. The first-order valence-corrected chi connectivity index (χ1v) is 12.0. The van der Waals surface area contributed by atoms with Gasteiger partial charge >= 0.3 is 0 Å². The fourth-order valence-electron chi connectivity index (χ4n) is 5.25. The lowest BCUT2D eigenvalue weighted by Crippen LogP contribution is -2.54. The lowest BCUT2D eigenvalue weighted by Gasteiger charge is -2.30. The van der Waals surface area contributed by atoms with E-state index in [1.54, 1.807) is 60.5 Å². The third-order valence-corrected chi connectivity index (χ3v) is 7.60. The molecule has 0 saturated carbocycles. The largest absolute Gasteiger partial charge is 0.486 e. The molecule has 0 unspecified atom stereocenters. The number of nitro groups is 1. The van der Waals surface area contributed by atoms with E-state index in [0.717, 1.165) is 5.56 Å². The van der Waals surface area contributed by atoms with Crippen LogP contribution in [0.25, 0.3) is 0 Å². The van der Waals surface area contributed by atoms with Crippen molar-refractivity contribution in [3.63, 3.8) is 0 Å². The van der Waals surface area contributed by atoms with Crippen LogP contribution in [-0.4, -0.2) is 35.4 Å². The highest BCUT2D eigenvalue weighted by Crippen LogP contribution is 2.52. The van der Waals surface area contributed by atoms with Crippen LogP contribution in [0.1, 0.15) is 22.6 Å². The number of ether oxygens (including phenoxy) is 1. The Morgan fingerprint density at radius 3 is 2.43 bits per heavy atom. The number of hydrogen-bond donors (Lipinski definition) is 1. The van der Waals surface area contributed by atoms with Crippen molar-refractivity contribution in [2.75, 3.05) is 18.9 Å². The second-order valence-electron chi connectivity index (χ2n) is 8.71.